The van der Waals surface area contributed by atoms with Crippen LogP contribution in [0.15, 0.2) is 54.6 Å². The molecule has 1 aliphatic rings. The van der Waals surface area contributed by atoms with Gasteiger partial charge in [-0.2, -0.15) is 0 Å². The summed E-state index contributed by atoms with van der Waals surface area (Å²) in [7, 11) is 0. The van der Waals surface area contributed by atoms with Crippen molar-refractivity contribution >= 4 is 11.9 Å². The zero-order chi connectivity index (χ0) is 19.3. The lowest BCUT2D eigenvalue weighted by atomic mass is 9.88. The monoisotopic (exact) mass is 367 g/mol. The van der Waals surface area contributed by atoms with Gasteiger partial charge in [0.2, 0.25) is 0 Å². The van der Waals surface area contributed by atoms with Crippen molar-refractivity contribution < 1.29 is 14.7 Å². The number of carboxylic acids is 1. The highest BCUT2D eigenvalue weighted by molar-refractivity contribution is 5.95. The number of amides is 1. The number of likely N-dealkylation sites (tertiary alicyclic amines) is 1. The minimum Gasteiger partial charge on any atom is -0.478 e. The van der Waals surface area contributed by atoms with E-state index in [2.05, 4.69) is 22.3 Å². The SMILES string of the molecule is NC1(CNC(=O)c2ccc(C(=O)O)cc2)CCN(Cc2ccccc2)CC1. The Morgan fingerprint density at radius 2 is 1.59 bits per heavy atom. The molecule has 0 bridgehead atoms. The molecule has 1 saturated heterocycles. The molecule has 4 N–H and O–H groups in total. The van der Waals surface area contributed by atoms with Crippen LogP contribution in [0.2, 0.25) is 0 Å². The number of benzene rings is 2. The van der Waals surface area contributed by atoms with E-state index in [9.17, 15) is 9.59 Å². The van der Waals surface area contributed by atoms with Gasteiger partial charge in [0.15, 0.2) is 0 Å². The predicted octanol–water partition coefficient (Wildman–Crippen LogP) is 2.11. The van der Waals surface area contributed by atoms with Crippen molar-refractivity contribution in [1.29, 1.82) is 0 Å². The molecule has 142 valence electrons. The number of hydrogen-bond donors (Lipinski definition) is 3. The van der Waals surface area contributed by atoms with Gasteiger partial charge in [0.25, 0.3) is 5.91 Å². The van der Waals surface area contributed by atoms with Crippen molar-refractivity contribution in [3.05, 3.63) is 71.3 Å². The maximum atomic E-state index is 12.3. The molecular formula is C21H25N3O3. The minimum absolute atomic E-state index is 0.160. The van der Waals surface area contributed by atoms with E-state index in [1.807, 2.05) is 18.2 Å². The van der Waals surface area contributed by atoms with Crippen LogP contribution in [-0.2, 0) is 6.54 Å². The van der Waals surface area contributed by atoms with Gasteiger partial charge in [-0.25, -0.2) is 4.79 Å². The maximum absolute atomic E-state index is 12.3. The summed E-state index contributed by atoms with van der Waals surface area (Å²) in [6, 6.07) is 16.3. The fourth-order valence-electron chi connectivity index (χ4n) is 3.30. The molecule has 1 aliphatic heterocycles. The van der Waals surface area contributed by atoms with Crippen LogP contribution < -0.4 is 11.1 Å². The van der Waals surface area contributed by atoms with Gasteiger partial charge in [-0.15, -0.1) is 0 Å². The Hall–Kier alpha value is -2.70. The number of carbonyl (C=O) groups excluding carboxylic acids is 1. The fraction of sp³-hybridized carbons (Fsp3) is 0.333. The first-order valence-electron chi connectivity index (χ1n) is 9.12. The first-order valence-corrected chi connectivity index (χ1v) is 9.12. The molecule has 0 aromatic heterocycles. The highest BCUT2D eigenvalue weighted by Crippen LogP contribution is 2.21. The van der Waals surface area contributed by atoms with E-state index in [0.29, 0.717) is 12.1 Å². The molecule has 2 aromatic carbocycles. The number of nitrogens with zero attached hydrogens (tertiary/aromatic N) is 1. The topological polar surface area (TPSA) is 95.7 Å². The van der Waals surface area contributed by atoms with E-state index in [-0.39, 0.29) is 11.5 Å². The lowest BCUT2D eigenvalue weighted by Crippen LogP contribution is -2.56. The molecule has 0 saturated carbocycles. The van der Waals surface area contributed by atoms with Crippen LogP contribution in [0.5, 0.6) is 0 Å². The van der Waals surface area contributed by atoms with Crippen molar-refractivity contribution in [2.24, 2.45) is 5.73 Å². The van der Waals surface area contributed by atoms with Crippen LogP contribution in [-0.4, -0.2) is 47.1 Å². The van der Waals surface area contributed by atoms with Crippen molar-refractivity contribution in [2.45, 2.75) is 24.9 Å². The molecule has 27 heavy (non-hydrogen) atoms. The van der Waals surface area contributed by atoms with Crippen LogP contribution in [0, 0.1) is 0 Å². The summed E-state index contributed by atoms with van der Waals surface area (Å²) in [6.45, 7) is 3.12. The number of piperidine rings is 1. The van der Waals surface area contributed by atoms with E-state index in [4.69, 9.17) is 10.8 Å². The molecule has 0 radical (unpaired) electrons. The van der Waals surface area contributed by atoms with Gasteiger partial charge in [0.05, 0.1) is 5.56 Å². The second-order valence-corrected chi connectivity index (χ2v) is 7.19. The van der Waals surface area contributed by atoms with Gasteiger partial charge in [-0.1, -0.05) is 30.3 Å². The molecule has 6 heteroatoms. The van der Waals surface area contributed by atoms with Crippen molar-refractivity contribution in [1.82, 2.24) is 10.2 Å². The summed E-state index contributed by atoms with van der Waals surface area (Å²) in [5.41, 5.74) is 7.96. The average molecular weight is 367 g/mol. The molecule has 0 aliphatic carbocycles. The van der Waals surface area contributed by atoms with Crippen molar-refractivity contribution in [3.63, 3.8) is 0 Å². The molecule has 3 rings (SSSR count). The molecular weight excluding hydrogens is 342 g/mol. The smallest absolute Gasteiger partial charge is 0.335 e. The Morgan fingerprint density at radius 3 is 2.19 bits per heavy atom. The normalized spacial score (nSPS) is 16.6. The average Bonchev–Trinajstić information content (AvgIpc) is 2.69. The second-order valence-electron chi connectivity index (χ2n) is 7.19. The van der Waals surface area contributed by atoms with Crippen LogP contribution in [0.4, 0.5) is 0 Å². The third-order valence-corrected chi connectivity index (χ3v) is 5.10. The quantitative estimate of drug-likeness (QED) is 0.727. The fourth-order valence-corrected chi connectivity index (χ4v) is 3.30. The van der Waals surface area contributed by atoms with Crippen LogP contribution >= 0.6 is 0 Å². The second kappa shape index (κ2) is 8.33. The van der Waals surface area contributed by atoms with Crippen LogP contribution in [0.1, 0.15) is 39.1 Å². The third kappa shape index (κ3) is 5.15. The zero-order valence-electron chi connectivity index (χ0n) is 15.2. The lowest BCUT2D eigenvalue weighted by Gasteiger charge is -2.39. The van der Waals surface area contributed by atoms with E-state index in [0.717, 1.165) is 32.5 Å². The number of aromatic carboxylic acids is 1. The van der Waals surface area contributed by atoms with Crippen LogP contribution in [0.3, 0.4) is 0 Å². The molecule has 0 atom stereocenters. The van der Waals surface area contributed by atoms with Gasteiger partial charge in [-0.3, -0.25) is 9.69 Å². The maximum Gasteiger partial charge on any atom is 0.335 e. The molecule has 1 heterocycles. The minimum atomic E-state index is -1.01. The summed E-state index contributed by atoms with van der Waals surface area (Å²) in [5.74, 6) is -1.24. The van der Waals surface area contributed by atoms with Crippen molar-refractivity contribution in [2.75, 3.05) is 19.6 Å². The number of carboxylic acid groups (broad SMARTS) is 1. The number of nitrogens with one attached hydrogen (secondary N) is 1. The number of hydrogen-bond acceptors (Lipinski definition) is 4. The number of carbonyl (C=O) groups is 2. The number of rotatable bonds is 6. The van der Waals surface area contributed by atoms with Gasteiger partial charge >= 0.3 is 5.97 Å². The van der Waals surface area contributed by atoms with E-state index in [1.54, 1.807) is 0 Å². The Morgan fingerprint density at radius 1 is 1.00 bits per heavy atom. The molecule has 0 unspecified atom stereocenters. The molecule has 1 fully saturated rings. The van der Waals surface area contributed by atoms with Gasteiger partial charge in [0.1, 0.15) is 0 Å². The molecule has 6 nitrogen and oxygen atoms in total. The molecule has 1 amide bonds. The highest BCUT2D eigenvalue weighted by Gasteiger charge is 2.31. The van der Waals surface area contributed by atoms with Gasteiger partial charge in [0, 0.05) is 37.3 Å². The third-order valence-electron chi connectivity index (χ3n) is 5.10. The first kappa shape index (κ1) is 19.1. The Balaban J connectivity index is 1.48. The van der Waals surface area contributed by atoms with E-state index >= 15 is 0 Å². The lowest BCUT2D eigenvalue weighted by molar-refractivity contribution is 0.0696. The summed E-state index contributed by atoms with van der Waals surface area (Å²) >= 11 is 0. The first-order chi connectivity index (χ1) is 13.0. The highest BCUT2D eigenvalue weighted by atomic mass is 16.4. The predicted molar refractivity (Wildman–Crippen MR) is 104 cm³/mol. The molecule has 0 spiro atoms. The van der Waals surface area contributed by atoms with Crippen LogP contribution in [0.25, 0.3) is 0 Å². The Bertz CT molecular complexity index is 782. The largest absolute Gasteiger partial charge is 0.478 e. The summed E-state index contributed by atoms with van der Waals surface area (Å²) < 4.78 is 0. The van der Waals surface area contributed by atoms with E-state index < -0.39 is 11.5 Å². The number of nitrogens with two attached hydrogens (primary N) is 1. The molecule has 2 aromatic rings. The Kier molecular flexibility index (Phi) is 5.88. The summed E-state index contributed by atoms with van der Waals surface area (Å²) in [5, 5.41) is 11.8. The summed E-state index contributed by atoms with van der Waals surface area (Å²) in [4.78, 5) is 25.6. The van der Waals surface area contributed by atoms with Crippen molar-refractivity contribution in [3.8, 4) is 0 Å². The summed E-state index contributed by atoms with van der Waals surface area (Å²) in [6.07, 6.45) is 1.64. The van der Waals surface area contributed by atoms with Gasteiger partial charge in [-0.05, 0) is 42.7 Å². The standard InChI is InChI=1S/C21H25N3O3/c22-21(10-12-24(13-11-21)14-16-4-2-1-3-5-16)15-23-19(25)17-6-8-18(9-7-17)20(26)27/h1-9H,10-15,22H2,(H,23,25)(H,26,27). The zero-order valence-corrected chi connectivity index (χ0v) is 15.2. The van der Waals surface area contributed by atoms with Gasteiger partial charge < -0.3 is 16.2 Å². The van der Waals surface area contributed by atoms with E-state index in [1.165, 1.54) is 29.8 Å². The Labute approximate surface area is 159 Å².